The first-order valence-corrected chi connectivity index (χ1v) is 42.8. The Morgan fingerprint density at radius 1 is 0.292 bits per heavy atom. The molecule has 0 aromatic carbocycles. The fraction of sp³-hybridized carbons (Fsp3) is 0.948. The van der Waals surface area contributed by atoms with Gasteiger partial charge in [-0.15, -0.1) is 0 Å². The fourth-order valence-corrected chi connectivity index (χ4v) is 13.2. The van der Waals surface area contributed by atoms with E-state index in [1.54, 1.807) is 0 Å². The first kappa shape index (κ1) is 94.1. The minimum atomic E-state index is -4.96. The summed E-state index contributed by atoms with van der Waals surface area (Å²) in [6.45, 7) is 14.2. The molecule has 0 bridgehead atoms. The van der Waals surface area contributed by atoms with Crippen molar-refractivity contribution in [2.24, 2.45) is 23.7 Å². The van der Waals surface area contributed by atoms with Crippen molar-refractivity contribution in [3.63, 3.8) is 0 Å². The molecule has 0 aromatic heterocycles. The molecule has 0 saturated carbocycles. The van der Waals surface area contributed by atoms with Gasteiger partial charge in [-0.25, -0.2) is 9.13 Å². The van der Waals surface area contributed by atoms with Crippen molar-refractivity contribution in [3.8, 4) is 0 Å². The van der Waals surface area contributed by atoms with E-state index in [1.807, 2.05) is 0 Å². The van der Waals surface area contributed by atoms with Gasteiger partial charge in [0.1, 0.15) is 19.3 Å². The highest BCUT2D eigenvalue weighted by molar-refractivity contribution is 7.47. The van der Waals surface area contributed by atoms with Gasteiger partial charge in [0, 0.05) is 25.7 Å². The Labute approximate surface area is 588 Å². The molecule has 570 valence electrons. The summed E-state index contributed by atoms with van der Waals surface area (Å²) < 4.78 is 68.5. The monoisotopic (exact) mass is 1410 g/mol. The number of hydrogen-bond acceptors (Lipinski definition) is 15. The van der Waals surface area contributed by atoms with Crippen LogP contribution in [0.1, 0.15) is 389 Å². The molecule has 17 nitrogen and oxygen atoms in total. The molecule has 0 aliphatic carbocycles. The molecule has 0 heterocycles. The van der Waals surface area contributed by atoms with E-state index >= 15 is 0 Å². The highest BCUT2D eigenvalue weighted by Crippen LogP contribution is 2.45. The number of aliphatic hydroxyl groups excluding tert-OH is 1. The third-order valence-corrected chi connectivity index (χ3v) is 20.4. The van der Waals surface area contributed by atoms with Crippen LogP contribution in [-0.2, 0) is 65.4 Å². The Morgan fingerprint density at radius 3 is 0.740 bits per heavy atom. The van der Waals surface area contributed by atoms with Crippen LogP contribution < -0.4 is 0 Å². The van der Waals surface area contributed by atoms with Crippen molar-refractivity contribution in [2.75, 3.05) is 39.6 Å². The van der Waals surface area contributed by atoms with E-state index in [4.69, 9.17) is 37.0 Å². The number of hydrogen-bond donors (Lipinski definition) is 3. The maximum Gasteiger partial charge on any atom is 0.472 e. The van der Waals surface area contributed by atoms with Crippen LogP contribution in [0.5, 0.6) is 0 Å². The molecule has 0 aliphatic heterocycles. The lowest BCUT2D eigenvalue weighted by Gasteiger charge is -2.21. The van der Waals surface area contributed by atoms with Crippen LogP contribution >= 0.6 is 15.6 Å². The number of phosphoric acid groups is 2. The van der Waals surface area contributed by atoms with Crippen LogP contribution in [0.2, 0.25) is 0 Å². The van der Waals surface area contributed by atoms with Crippen LogP contribution in [0.3, 0.4) is 0 Å². The minimum absolute atomic E-state index is 0.104. The lowest BCUT2D eigenvalue weighted by Crippen LogP contribution is -2.30. The first-order chi connectivity index (χ1) is 46.2. The summed E-state index contributed by atoms with van der Waals surface area (Å²) in [4.78, 5) is 72.8. The lowest BCUT2D eigenvalue weighted by atomic mass is 9.99. The van der Waals surface area contributed by atoms with Crippen LogP contribution in [0.25, 0.3) is 0 Å². The van der Waals surface area contributed by atoms with Gasteiger partial charge in [0.15, 0.2) is 12.2 Å². The van der Waals surface area contributed by atoms with Crippen LogP contribution in [-0.4, -0.2) is 96.7 Å². The Morgan fingerprint density at radius 2 is 0.500 bits per heavy atom. The van der Waals surface area contributed by atoms with Gasteiger partial charge in [-0.2, -0.15) is 0 Å². The number of phosphoric ester groups is 2. The number of rotatable bonds is 74. The molecule has 0 spiro atoms. The highest BCUT2D eigenvalue weighted by Gasteiger charge is 2.30. The predicted molar refractivity (Wildman–Crippen MR) is 391 cm³/mol. The van der Waals surface area contributed by atoms with Gasteiger partial charge in [0.2, 0.25) is 0 Å². The molecule has 0 radical (unpaired) electrons. The predicted octanol–water partition coefficient (Wildman–Crippen LogP) is 22.4. The number of esters is 4. The largest absolute Gasteiger partial charge is 0.472 e. The van der Waals surface area contributed by atoms with Crippen molar-refractivity contribution >= 4 is 39.5 Å². The molecule has 0 aromatic rings. The first-order valence-electron chi connectivity index (χ1n) is 39.8. The summed E-state index contributed by atoms with van der Waals surface area (Å²) in [6.07, 6.45) is 51.5. The van der Waals surface area contributed by atoms with Gasteiger partial charge in [-0.3, -0.25) is 37.3 Å². The smallest absolute Gasteiger partial charge is 0.462 e. The molecule has 0 rings (SSSR count). The molecular weight excluding hydrogens is 1260 g/mol. The second-order valence-corrected chi connectivity index (χ2v) is 32.1. The second kappa shape index (κ2) is 66.3. The third-order valence-electron chi connectivity index (χ3n) is 18.5. The Balaban J connectivity index is 5.19. The Hall–Kier alpha value is -1.94. The van der Waals surface area contributed by atoms with Crippen molar-refractivity contribution in [1.82, 2.24) is 0 Å². The van der Waals surface area contributed by atoms with Gasteiger partial charge in [-0.05, 0) is 49.4 Å². The summed E-state index contributed by atoms with van der Waals surface area (Å²) in [5.74, 6) is 0.966. The van der Waals surface area contributed by atoms with Gasteiger partial charge >= 0.3 is 39.5 Å². The number of ether oxygens (including phenoxy) is 4. The van der Waals surface area contributed by atoms with Crippen molar-refractivity contribution in [2.45, 2.75) is 408 Å². The van der Waals surface area contributed by atoms with E-state index in [2.05, 4.69) is 55.4 Å². The standard InChI is InChI=1S/C77H150O17P2/c1-9-69(7)55-47-39-31-23-19-17-15-13-11-12-14-16-18-20-24-34-43-51-59-76(81)93-72(63-87-74(79)57-49-41-33-25-21-22-29-37-45-53-67(3)4)65-91-95(83,84)89-61-71(78)62-90-96(85,86)92-66-73(64-88-75(80)58-50-42-36-28-30-38-46-54-68(5)6)94-77(82)60-52-44-35-27-26-32-40-48-56-70(8)10-2/h67-73,78H,9-66H2,1-8H3,(H,83,84)(H,85,86)/t69?,70?,71?,72-,73-/m1/s1. The topological polar surface area (TPSA) is 237 Å². The molecule has 96 heavy (non-hydrogen) atoms. The van der Waals surface area contributed by atoms with E-state index in [9.17, 15) is 43.2 Å². The van der Waals surface area contributed by atoms with Crippen LogP contribution in [0.15, 0.2) is 0 Å². The van der Waals surface area contributed by atoms with Crippen molar-refractivity contribution in [1.29, 1.82) is 0 Å². The zero-order valence-electron chi connectivity index (χ0n) is 63.0. The van der Waals surface area contributed by atoms with E-state index in [0.29, 0.717) is 31.6 Å². The normalized spacial score (nSPS) is 14.7. The Bertz CT molecular complexity index is 1890. The van der Waals surface area contributed by atoms with Crippen LogP contribution in [0.4, 0.5) is 0 Å². The molecule has 0 amide bonds. The zero-order valence-corrected chi connectivity index (χ0v) is 64.8. The molecule has 7 atom stereocenters. The van der Waals surface area contributed by atoms with Crippen LogP contribution in [0, 0.1) is 23.7 Å². The van der Waals surface area contributed by atoms with Gasteiger partial charge in [0.25, 0.3) is 0 Å². The number of unbranched alkanes of at least 4 members (excludes halogenated alkanes) is 38. The second-order valence-electron chi connectivity index (χ2n) is 29.2. The van der Waals surface area contributed by atoms with Gasteiger partial charge < -0.3 is 33.8 Å². The molecule has 0 saturated heterocycles. The quantitative estimate of drug-likeness (QED) is 0.0222. The molecular formula is C77H150O17P2. The lowest BCUT2D eigenvalue weighted by molar-refractivity contribution is -0.161. The Kier molecular flexibility index (Phi) is 65.0. The highest BCUT2D eigenvalue weighted by atomic mass is 31.2. The average molecular weight is 1410 g/mol. The van der Waals surface area contributed by atoms with Crippen molar-refractivity contribution in [3.05, 3.63) is 0 Å². The van der Waals surface area contributed by atoms with Crippen molar-refractivity contribution < 1.29 is 80.2 Å². The summed E-state index contributed by atoms with van der Waals surface area (Å²) >= 11 is 0. The van der Waals surface area contributed by atoms with Gasteiger partial charge in [-0.1, -0.05) is 338 Å². The van der Waals surface area contributed by atoms with E-state index in [0.717, 1.165) is 114 Å². The molecule has 3 N–H and O–H groups in total. The minimum Gasteiger partial charge on any atom is -0.462 e. The van der Waals surface area contributed by atoms with E-state index in [1.165, 1.54) is 186 Å². The maximum absolute atomic E-state index is 13.1. The molecule has 5 unspecified atom stereocenters. The van der Waals surface area contributed by atoms with E-state index in [-0.39, 0.29) is 25.7 Å². The summed E-state index contributed by atoms with van der Waals surface area (Å²) in [5, 5.41) is 10.6. The summed E-state index contributed by atoms with van der Waals surface area (Å²) in [5.41, 5.74) is 0. The van der Waals surface area contributed by atoms with Gasteiger partial charge in [0.05, 0.1) is 26.4 Å². The molecule has 19 heteroatoms. The number of aliphatic hydroxyl groups is 1. The third kappa shape index (κ3) is 67.9. The number of carbonyl (C=O) groups is 4. The van der Waals surface area contributed by atoms with E-state index < -0.39 is 97.5 Å². The maximum atomic E-state index is 13.1. The zero-order chi connectivity index (χ0) is 71.0. The summed E-state index contributed by atoms with van der Waals surface area (Å²) in [6, 6.07) is 0. The average Bonchev–Trinajstić information content (AvgIpc) is 1.13. The molecule has 0 fully saturated rings. The molecule has 0 aliphatic rings. The SMILES string of the molecule is CCC(C)CCCCCCCCCCCCCCCCCCCCC(=O)O[C@H](COC(=O)CCCCCCCCCCCC(C)C)COP(=O)(O)OCC(O)COP(=O)(O)OC[C@@H](COC(=O)CCCCCCCCCC(C)C)OC(=O)CCCCCCCCCCC(C)CC. The summed E-state index contributed by atoms with van der Waals surface area (Å²) in [7, 11) is -9.91. The fourth-order valence-electron chi connectivity index (χ4n) is 11.7. The number of carbonyl (C=O) groups excluding carboxylic acids is 4.